The summed E-state index contributed by atoms with van der Waals surface area (Å²) in [7, 11) is 0. The van der Waals surface area contributed by atoms with Crippen LogP contribution in [0.2, 0.25) is 10.0 Å². The summed E-state index contributed by atoms with van der Waals surface area (Å²) in [4.78, 5) is 25.4. The molecule has 8 heteroatoms. The van der Waals surface area contributed by atoms with Gasteiger partial charge in [0.1, 0.15) is 30.3 Å². The largest absolute Gasteiger partial charge is 0.490 e. The Labute approximate surface area is 201 Å². The molecule has 33 heavy (non-hydrogen) atoms. The van der Waals surface area contributed by atoms with E-state index >= 15 is 0 Å². The number of hydrazine groups is 1. The van der Waals surface area contributed by atoms with Crippen molar-refractivity contribution in [3.63, 3.8) is 0 Å². The highest BCUT2D eigenvalue weighted by Gasteiger charge is 2.34. The Morgan fingerprint density at radius 2 is 1.64 bits per heavy atom. The van der Waals surface area contributed by atoms with E-state index in [0.717, 1.165) is 11.3 Å². The number of para-hydroxylation sites is 1. The topological polar surface area (TPSA) is 67.9 Å². The van der Waals surface area contributed by atoms with Crippen LogP contribution in [0.1, 0.15) is 11.1 Å². The van der Waals surface area contributed by atoms with Crippen molar-refractivity contribution in [3.05, 3.63) is 93.5 Å². The molecule has 3 aromatic rings. The minimum Gasteiger partial charge on any atom is -0.490 e. The summed E-state index contributed by atoms with van der Waals surface area (Å²) < 4.78 is 11.5. The molecule has 3 aromatic carbocycles. The van der Waals surface area contributed by atoms with Crippen LogP contribution in [0, 0.1) is 6.92 Å². The molecule has 0 spiro atoms. The van der Waals surface area contributed by atoms with Crippen molar-refractivity contribution in [2.45, 2.75) is 6.92 Å². The molecule has 168 valence electrons. The summed E-state index contributed by atoms with van der Waals surface area (Å²) >= 11 is 12.5. The van der Waals surface area contributed by atoms with Crippen LogP contribution in [-0.2, 0) is 9.59 Å². The summed E-state index contributed by atoms with van der Waals surface area (Å²) in [6.45, 7) is 2.47. The lowest BCUT2D eigenvalue weighted by Crippen LogP contribution is -2.35. The number of carbonyl (C=O) groups excluding carboxylic acids is 2. The van der Waals surface area contributed by atoms with E-state index in [9.17, 15) is 9.59 Å². The van der Waals surface area contributed by atoms with E-state index < -0.39 is 11.8 Å². The molecule has 0 bridgehead atoms. The van der Waals surface area contributed by atoms with Crippen molar-refractivity contribution in [2.75, 3.05) is 18.2 Å². The van der Waals surface area contributed by atoms with E-state index in [1.165, 1.54) is 17.2 Å². The molecule has 0 unspecified atom stereocenters. The monoisotopic (exact) mass is 482 g/mol. The van der Waals surface area contributed by atoms with Crippen LogP contribution in [-0.4, -0.2) is 25.0 Å². The number of ether oxygens (including phenoxy) is 2. The van der Waals surface area contributed by atoms with Gasteiger partial charge in [0.05, 0.1) is 10.7 Å². The summed E-state index contributed by atoms with van der Waals surface area (Å²) in [5.41, 5.74) is 4.61. The predicted octanol–water partition coefficient (Wildman–Crippen LogP) is 5.22. The Morgan fingerprint density at radius 3 is 2.36 bits per heavy atom. The second kappa shape index (κ2) is 9.98. The van der Waals surface area contributed by atoms with Crippen LogP contribution in [0.15, 0.2) is 72.3 Å². The summed E-state index contributed by atoms with van der Waals surface area (Å²) in [6.07, 6.45) is 1.43. The van der Waals surface area contributed by atoms with Crippen LogP contribution >= 0.6 is 23.2 Å². The lowest BCUT2D eigenvalue weighted by molar-refractivity contribution is -0.117. The molecule has 1 fully saturated rings. The molecule has 0 aliphatic carbocycles. The van der Waals surface area contributed by atoms with Gasteiger partial charge < -0.3 is 9.47 Å². The van der Waals surface area contributed by atoms with Gasteiger partial charge in [0.15, 0.2) is 0 Å². The third kappa shape index (κ3) is 5.30. The van der Waals surface area contributed by atoms with Crippen molar-refractivity contribution < 1.29 is 19.1 Å². The third-order valence-corrected chi connectivity index (χ3v) is 5.36. The number of nitrogens with one attached hydrogen (secondary N) is 1. The molecule has 1 saturated heterocycles. The molecule has 0 radical (unpaired) electrons. The van der Waals surface area contributed by atoms with E-state index in [0.29, 0.717) is 22.0 Å². The van der Waals surface area contributed by atoms with E-state index in [2.05, 4.69) is 5.43 Å². The fourth-order valence-corrected chi connectivity index (χ4v) is 3.81. The first-order chi connectivity index (χ1) is 15.9. The van der Waals surface area contributed by atoms with Gasteiger partial charge in [-0.2, -0.15) is 0 Å². The Hall–Kier alpha value is -3.48. The molecular weight excluding hydrogens is 463 g/mol. The number of hydrogen-bond donors (Lipinski definition) is 1. The summed E-state index contributed by atoms with van der Waals surface area (Å²) in [5.74, 6) is 0.00682. The molecule has 6 nitrogen and oxygen atoms in total. The number of halogens is 2. The van der Waals surface area contributed by atoms with Gasteiger partial charge in [-0.15, -0.1) is 0 Å². The maximum Gasteiger partial charge on any atom is 0.282 e. The third-order valence-electron chi connectivity index (χ3n) is 4.86. The lowest BCUT2D eigenvalue weighted by Gasteiger charge is -2.14. The highest BCUT2D eigenvalue weighted by Crippen LogP contribution is 2.35. The Bertz CT molecular complexity index is 1210. The predicted molar refractivity (Wildman–Crippen MR) is 129 cm³/mol. The number of nitrogens with zero attached hydrogens (tertiary/aromatic N) is 1. The van der Waals surface area contributed by atoms with Crippen LogP contribution in [0.5, 0.6) is 11.5 Å². The fraction of sp³-hybridized carbons (Fsp3) is 0.120. The van der Waals surface area contributed by atoms with E-state index in [4.69, 9.17) is 32.7 Å². The van der Waals surface area contributed by atoms with Gasteiger partial charge in [-0.3, -0.25) is 15.0 Å². The average molecular weight is 483 g/mol. The van der Waals surface area contributed by atoms with Gasteiger partial charge in [0.25, 0.3) is 11.8 Å². The van der Waals surface area contributed by atoms with Crippen molar-refractivity contribution in [1.82, 2.24) is 5.43 Å². The van der Waals surface area contributed by atoms with Gasteiger partial charge in [0, 0.05) is 10.6 Å². The highest BCUT2D eigenvalue weighted by atomic mass is 35.5. The Balaban J connectivity index is 1.52. The van der Waals surface area contributed by atoms with E-state index in [1.807, 2.05) is 37.3 Å². The first kappa shape index (κ1) is 22.7. The molecule has 2 amide bonds. The molecule has 1 aliphatic rings. The molecular formula is C25H20Cl2N2O4. The number of amides is 2. The number of anilines is 1. The SMILES string of the molecule is Cc1ccc(OCCOc2c(Cl)cc(Cl)cc2C=C2C(=O)NN(c3ccccc3)C2=O)cc1. The zero-order valence-electron chi connectivity index (χ0n) is 17.7. The highest BCUT2D eigenvalue weighted by molar-refractivity contribution is 6.36. The Morgan fingerprint density at radius 1 is 0.939 bits per heavy atom. The molecule has 1 heterocycles. The number of benzene rings is 3. The minimum absolute atomic E-state index is 0.0575. The van der Waals surface area contributed by atoms with Gasteiger partial charge >= 0.3 is 0 Å². The smallest absolute Gasteiger partial charge is 0.282 e. The van der Waals surface area contributed by atoms with Crippen molar-refractivity contribution in [2.24, 2.45) is 0 Å². The van der Waals surface area contributed by atoms with Crippen LogP contribution in [0.25, 0.3) is 6.08 Å². The van der Waals surface area contributed by atoms with Gasteiger partial charge in [0.2, 0.25) is 0 Å². The first-order valence-electron chi connectivity index (χ1n) is 10.2. The zero-order valence-corrected chi connectivity index (χ0v) is 19.2. The number of rotatable bonds is 7. The molecule has 0 aromatic heterocycles. The molecule has 1 aliphatic heterocycles. The lowest BCUT2D eigenvalue weighted by atomic mass is 10.1. The van der Waals surface area contributed by atoms with Gasteiger partial charge in [-0.25, -0.2) is 5.01 Å². The van der Waals surface area contributed by atoms with E-state index in [-0.39, 0.29) is 23.8 Å². The quantitative estimate of drug-likeness (QED) is 0.284. The fourth-order valence-electron chi connectivity index (χ4n) is 3.25. The van der Waals surface area contributed by atoms with Crippen molar-refractivity contribution in [3.8, 4) is 11.5 Å². The average Bonchev–Trinajstić information content (AvgIpc) is 3.08. The Kier molecular flexibility index (Phi) is 6.87. The second-order valence-electron chi connectivity index (χ2n) is 7.29. The summed E-state index contributed by atoms with van der Waals surface area (Å²) in [5, 5.41) is 1.80. The number of carbonyl (C=O) groups is 2. The maximum absolute atomic E-state index is 12.9. The number of aryl methyl sites for hydroxylation is 1. The maximum atomic E-state index is 12.9. The van der Waals surface area contributed by atoms with Crippen LogP contribution < -0.4 is 19.9 Å². The molecule has 0 atom stereocenters. The number of hydrogen-bond acceptors (Lipinski definition) is 4. The minimum atomic E-state index is -0.534. The van der Waals surface area contributed by atoms with Crippen LogP contribution in [0.3, 0.4) is 0 Å². The zero-order chi connectivity index (χ0) is 23.4. The van der Waals surface area contributed by atoms with Gasteiger partial charge in [-0.1, -0.05) is 59.1 Å². The second-order valence-corrected chi connectivity index (χ2v) is 8.13. The van der Waals surface area contributed by atoms with E-state index in [1.54, 1.807) is 30.3 Å². The van der Waals surface area contributed by atoms with Crippen LogP contribution in [0.4, 0.5) is 5.69 Å². The first-order valence-corrected chi connectivity index (χ1v) is 10.9. The van der Waals surface area contributed by atoms with Gasteiger partial charge in [-0.05, 0) is 49.4 Å². The van der Waals surface area contributed by atoms with Crippen molar-refractivity contribution in [1.29, 1.82) is 0 Å². The van der Waals surface area contributed by atoms with Crippen molar-refractivity contribution >= 4 is 46.8 Å². The summed E-state index contributed by atoms with van der Waals surface area (Å²) in [6, 6.07) is 19.6. The molecule has 0 saturated carbocycles. The molecule has 1 N–H and O–H groups in total. The normalized spacial score (nSPS) is 14.5. The molecule has 4 rings (SSSR count). The standard InChI is InChI=1S/C25H20Cl2N2O4/c1-16-7-9-20(10-8-16)32-11-12-33-23-17(13-18(26)15-22(23)27)14-21-24(30)28-29(25(21)31)19-5-3-2-4-6-19/h2-10,13-15H,11-12H2,1H3,(H,28,30).